The third kappa shape index (κ3) is 4.67. The third-order valence-electron chi connectivity index (χ3n) is 5.60. The molecule has 7 nitrogen and oxygen atoms in total. The van der Waals surface area contributed by atoms with Crippen LogP contribution in [0, 0.1) is 13.8 Å². The Morgan fingerprint density at radius 2 is 1.90 bits per heavy atom. The Kier molecular flexibility index (Phi) is 5.81. The van der Waals surface area contributed by atoms with Crippen molar-refractivity contribution in [3.05, 3.63) is 47.3 Å². The number of amides is 1. The fourth-order valence-corrected chi connectivity index (χ4v) is 3.85. The van der Waals surface area contributed by atoms with Gasteiger partial charge in [0.15, 0.2) is 23.4 Å². The highest BCUT2D eigenvalue weighted by molar-refractivity contribution is 5.99. The predicted octanol–water partition coefficient (Wildman–Crippen LogP) is 2.34. The van der Waals surface area contributed by atoms with E-state index < -0.39 is 0 Å². The van der Waals surface area contributed by atoms with Gasteiger partial charge in [-0.05, 0) is 51.9 Å². The van der Waals surface area contributed by atoms with Gasteiger partial charge in [-0.1, -0.05) is 12.1 Å². The molecule has 0 radical (unpaired) electrons. The van der Waals surface area contributed by atoms with Gasteiger partial charge in [-0.15, -0.1) is 0 Å². The molecule has 160 valence electrons. The van der Waals surface area contributed by atoms with Gasteiger partial charge in [0.05, 0.1) is 19.6 Å². The van der Waals surface area contributed by atoms with Gasteiger partial charge in [0.1, 0.15) is 6.61 Å². The van der Waals surface area contributed by atoms with Gasteiger partial charge in [0.2, 0.25) is 5.91 Å². The molecule has 4 rings (SSSR count). The number of nitrogens with one attached hydrogen (secondary N) is 1. The van der Waals surface area contributed by atoms with E-state index in [1.807, 2.05) is 44.2 Å². The number of hydrogen-bond acceptors (Lipinski definition) is 5. The number of ether oxygens (including phenoxy) is 2. The summed E-state index contributed by atoms with van der Waals surface area (Å²) < 4.78 is 14.0. The monoisotopic (exact) mass is 411 g/mol. The molecule has 1 aliphatic carbocycles. The van der Waals surface area contributed by atoms with Crippen LogP contribution in [-0.4, -0.2) is 60.0 Å². The summed E-state index contributed by atoms with van der Waals surface area (Å²) in [6, 6.07) is 9.91. The zero-order valence-electron chi connectivity index (χ0n) is 17.8. The normalized spacial score (nSPS) is 17.8. The molecule has 1 atom stereocenters. The molecule has 1 N–H and O–H groups in total. The maximum atomic E-state index is 12.9. The minimum absolute atomic E-state index is 0.0160. The van der Waals surface area contributed by atoms with Crippen LogP contribution < -0.4 is 14.8 Å². The minimum atomic E-state index is -0.124. The van der Waals surface area contributed by atoms with Gasteiger partial charge in [-0.25, -0.2) is 0 Å². The molecule has 2 heterocycles. The van der Waals surface area contributed by atoms with E-state index in [1.54, 1.807) is 11.9 Å². The highest BCUT2D eigenvalue weighted by atomic mass is 16.6. The number of carbonyl (C=O) groups excluding carboxylic acids is 2. The van der Waals surface area contributed by atoms with Gasteiger partial charge in [-0.3, -0.25) is 14.5 Å². The first-order valence-electron chi connectivity index (χ1n) is 10.5. The van der Waals surface area contributed by atoms with Crippen LogP contribution in [0.5, 0.6) is 11.5 Å². The largest absolute Gasteiger partial charge is 0.486 e. The topological polar surface area (TPSA) is 72.8 Å². The highest BCUT2D eigenvalue weighted by Crippen LogP contribution is 2.31. The van der Waals surface area contributed by atoms with Crippen LogP contribution in [0.25, 0.3) is 0 Å². The van der Waals surface area contributed by atoms with E-state index in [2.05, 4.69) is 9.88 Å². The molecule has 1 fully saturated rings. The van der Waals surface area contributed by atoms with E-state index in [4.69, 9.17) is 9.47 Å². The zero-order chi connectivity index (χ0) is 21.3. The van der Waals surface area contributed by atoms with Gasteiger partial charge < -0.3 is 19.4 Å². The molecule has 0 saturated heterocycles. The lowest BCUT2D eigenvalue weighted by Crippen LogP contribution is -2.38. The standard InChI is InChI=1S/C23H29N3O4/c1-15-10-19(20(27)12-25(3)13-23(28)24-17-8-9-17)16(2)26(15)11-18-14-29-21-6-4-5-7-22(21)30-18/h4-7,10,17-18H,8-9,11-14H2,1-3H3,(H,24,28)/t18-/m1/s1. The number of rotatable bonds is 8. The smallest absolute Gasteiger partial charge is 0.234 e. The number of aromatic nitrogens is 1. The number of benzene rings is 1. The van der Waals surface area contributed by atoms with E-state index in [0.29, 0.717) is 24.8 Å². The fourth-order valence-electron chi connectivity index (χ4n) is 3.85. The van der Waals surface area contributed by atoms with Gasteiger partial charge in [0, 0.05) is 23.0 Å². The zero-order valence-corrected chi connectivity index (χ0v) is 17.8. The molecule has 2 aliphatic rings. The van der Waals surface area contributed by atoms with Crippen molar-refractivity contribution in [1.82, 2.24) is 14.8 Å². The average molecular weight is 412 g/mol. The molecule has 0 spiro atoms. The molecule has 1 aromatic carbocycles. The van der Waals surface area contributed by atoms with Crippen LogP contribution in [-0.2, 0) is 11.3 Å². The van der Waals surface area contributed by atoms with Gasteiger partial charge in [-0.2, -0.15) is 0 Å². The van der Waals surface area contributed by atoms with E-state index >= 15 is 0 Å². The van der Waals surface area contributed by atoms with Gasteiger partial charge >= 0.3 is 0 Å². The SMILES string of the molecule is Cc1cc(C(=O)CN(C)CC(=O)NC2CC2)c(C)n1C[C@@H]1COc2ccccc2O1. The van der Waals surface area contributed by atoms with Crippen LogP contribution in [0.2, 0.25) is 0 Å². The fraction of sp³-hybridized carbons (Fsp3) is 0.478. The Labute approximate surface area is 177 Å². The predicted molar refractivity (Wildman–Crippen MR) is 113 cm³/mol. The second-order valence-electron chi connectivity index (χ2n) is 8.33. The number of aryl methyl sites for hydroxylation is 1. The number of hydrogen-bond donors (Lipinski definition) is 1. The first kappa shape index (κ1) is 20.5. The number of ketones is 1. The summed E-state index contributed by atoms with van der Waals surface area (Å²) in [5.41, 5.74) is 2.61. The molecule has 1 aliphatic heterocycles. The van der Waals surface area contributed by atoms with Crippen molar-refractivity contribution in [1.29, 1.82) is 0 Å². The van der Waals surface area contributed by atoms with Crippen molar-refractivity contribution in [2.24, 2.45) is 0 Å². The summed E-state index contributed by atoms with van der Waals surface area (Å²) in [5, 5.41) is 2.95. The molecule has 1 saturated carbocycles. The van der Waals surface area contributed by atoms with Crippen molar-refractivity contribution in [2.45, 2.75) is 45.4 Å². The number of Topliss-reactive ketones (excluding diaryl/α,β-unsaturated/α-hetero) is 1. The quantitative estimate of drug-likeness (QED) is 0.675. The average Bonchev–Trinajstić information content (AvgIpc) is 3.48. The molecule has 30 heavy (non-hydrogen) atoms. The summed E-state index contributed by atoms with van der Waals surface area (Å²) in [6.07, 6.45) is 1.99. The number of fused-ring (bicyclic) bond motifs is 1. The maximum absolute atomic E-state index is 12.9. The minimum Gasteiger partial charge on any atom is -0.486 e. The van der Waals surface area contributed by atoms with Crippen LogP contribution in [0.1, 0.15) is 34.6 Å². The lowest BCUT2D eigenvalue weighted by atomic mass is 10.1. The summed E-state index contributed by atoms with van der Waals surface area (Å²) in [6.45, 7) is 5.47. The molecule has 2 aromatic rings. The van der Waals surface area contributed by atoms with Crippen LogP contribution in [0.15, 0.2) is 30.3 Å². The number of para-hydroxylation sites is 2. The summed E-state index contributed by atoms with van der Waals surface area (Å²) in [4.78, 5) is 26.6. The maximum Gasteiger partial charge on any atom is 0.234 e. The van der Waals surface area contributed by atoms with Gasteiger partial charge in [0.25, 0.3) is 0 Å². The molecule has 7 heteroatoms. The lowest BCUT2D eigenvalue weighted by Gasteiger charge is -2.27. The van der Waals surface area contributed by atoms with Crippen molar-refractivity contribution in [3.63, 3.8) is 0 Å². The molecular weight excluding hydrogens is 382 g/mol. The summed E-state index contributed by atoms with van der Waals surface area (Å²) in [7, 11) is 1.80. The van der Waals surface area contributed by atoms with E-state index in [1.165, 1.54) is 0 Å². The van der Waals surface area contributed by atoms with Crippen molar-refractivity contribution < 1.29 is 19.1 Å². The third-order valence-corrected chi connectivity index (χ3v) is 5.60. The summed E-state index contributed by atoms with van der Waals surface area (Å²) in [5.74, 6) is 1.51. The second kappa shape index (κ2) is 8.52. The van der Waals surface area contributed by atoms with Crippen molar-refractivity contribution in [3.8, 4) is 11.5 Å². The Morgan fingerprint density at radius 1 is 1.17 bits per heavy atom. The lowest BCUT2D eigenvalue weighted by molar-refractivity contribution is -0.121. The highest BCUT2D eigenvalue weighted by Gasteiger charge is 2.26. The van der Waals surface area contributed by atoms with Crippen LogP contribution in [0.3, 0.4) is 0 Å². The Bertz CT molecular complexity index is 948. The van der Waals surface area contributed by atoms with Crippen LogP contribution in [0.4, 0.5) is 0 Å². The molecule has 0 unspecified atom stereocenters. The molecule has 1 aromatic heterocycles. The van der Waals surface area contributed by atoms with E-state index in [9.17, 15) is 9.59 Å². The Hall–Kier alpha value is -2.80. The Morgan fingerprint density at radius 3 is 2.63 bits per heavy atom. The van der Waals surface area contributed by atoms with Crippen molar-refractivity contribution in [2.75, 3.05) is 26.7 Å². The first-order valence-corrected chi connectivity index (χ1v) is 10.5. The number of nitrogens with zero attached hydrogens (tertiary/aromatic N) is 2. The molecule has 0 bridgehead atoms. The first-order chi connectivity index (χ1) is 14.4. The van der Waals surface area contributed by atoms with E-state index in [0.717, 1.165) is 35.7 Å². The van der Waals surface area contributed by atoms with E-state index in [-0.39, 0.29) is 30.9 Å². The van der Waals surface area contributed by atoms with Crippen LogP contribution >= 0.6 is 0 Å². The van der Waals surface area contributed by atoms with Crippen molar-refractivity contribution >= 4 is 11.7 Å². The Balaban J connectivity index is 1.38. The molecule has 1 amide bonds. The molecular formula is C23H29N3O4. The second-order valence-corrected chi connectivity index (χ2v) is 8.33. The number of carbonyl (C=O) groups is 2. The summed E-state index contributed by atoms with van der Waals surface area (Å²) >= 11 is 0. The number of likely N-dealkylation sites (N-methyl/N-ethyl adjacent to an activating group) is 1.